The second-order valence-electron chi connectivity index (χ2n) is 3.56. The van der Waals surface area contributed by atoms with Crippen LogP contribution in [0.15, 0.2) is 18.7 Å². The van der Waals surface area contributed by atoms with E-state index >= 15 is 0 Å². The lowest BCUT2D eigenvalue weighted by Crippen LogP contribution is -2.16. The maximum atomic E-state index is 11.8. The van der Waals surface area contributed by atoms with E-state index in [0.717, 1.165) is 5.56 Å². The topological polar surface area (TPSA) is 38.8 Å². The van der Waals surface area contributed by atoms with Gasteiger partial charge in [-0.1, -0.05) is 6.58 Å². The average molecular weight is 203 g/mol. The van der Waals surface area contributed by atoms with Crippen LogP contribution in [0, 0.1) is 0 Å². The normalized spacial score (nSPS) is 17.3. The minimum atomic E-state index is -0.0479. The maximum absolute atomic E-state index is 11.8. The van der Waals surface area contributed by atoms with Crippen LogP contribution in [-0.4, -0.2) is 24.6 Å². The van der Waals surface area contributed by atoms with Gasteiger partial charge in [0, 0.05) is 18.3 Å². The van der Waals surface area contributed by atoms with Crippen molar-refractivity contribution < 1.29 is 14.3 Å². The first-order valence-corrected chi connectivity index (χ1v) is 4.59. The van der Waals surface area contributed by atoms with Crippen LogP contribution in [0.25, 0.3) is 5.70 Å². The number of hydrogen-bond donors (Lipinski definition) is 0. The zero-order chi connectivity index (χ0) is 10.6. The summed E-state index contributed by atoms with van der Waals surface area (Å²) in [6.07, 6.45) is 0. The second-order valence-corrected chi connectivity index (χ2v) is 3.56. The molecule has 3 rings (SSSR count). The third kappa shape index (κ3) is 0.932. The van der Waals surface area contributed by atoms with Gasteiger partial charge in [-0.15, -0.1) is 0 Å². The van der Waals surface area contributed by atoms with Crippen LogP contribution in [0.3, 0.4) is 0 Å². The molecule has 0 spiro atoms. The fourth-order valence-corrected chi connectivity index (χ4v) is 1.84. The molecule has 0 bridgehead atoms. The number of ether oxygens (including phenoxy) is 2. The van der Waals surface area contributed by atoms with Crippen LogP contribution in [0.2, 0.25) is 0 Å². The molecule has 4 heteroatoms. The first-order valence-electron chi connectivity index (χ1n) is 4.59. The molecule has 2 aliphatic heterocycles. The standard InChI is InChI=1S/C11H9NO3/c1-6-7-3-9-10(15-5-14-9)4-8(7)11(13)12(6)2/h3-4H,1,5H2,2H3. The summed E-state index contributed by atoms with van der Waals surface area (Å²) in [5, 5.41) is 0. The van der Waals surface area contributed by atoms with E-state index in [9.17, 15) is 4.79 Å². The summed E-state index contributed by atoms with van der Waals surface area (Å²) in [4.78, 5) is 13.3. The summed E-state index contributed by atoms with van der Waals surface area (Å²) in [6.45, 7) is 4.08. The number of fused-ring (bicyclic) bond motifs is 2. The number of hydrogen-bond acceptors (Lipinski definition) is 3. The number of amides is 1. The van der Waals surface area contributed by atoms with Crippen LogP contribution in [0.4, 0.5) is 0 Å². The summed E-state index contributed by atoms with van der Waals surface area (Å²) in [7, 11) is 1.71. The largest absolute Gasteiger partial charge is 0.454 e. The van der Waals surface area contributed by atoms with Crippen molar-refractivity contribution in [2.75, 3.05) is 13.8 Å². The lowest BCUT2D eigenvalue weighted by atomic mass is 10.1. The minimum Gasteiger partial charge on any atom is -0.454 e. The number of rotatable bonds is 0. The molecule has 1 aromatic carbocycles. The Balaban J connectivity index is 2.24. The highest BCUT2D eigenvalue weighted by Crippen LogP contribution is 2.40. The van der Waals surface area contributed by atoms with Crippen LogP contribution in [-0.2, 0) is 0 Å². The van der Waals surface area contributed by atoms with Gasteiger partial charge in [0.1, 0.15) is 0 Å². The van der Waals surface area contributed by atoms with Gasteiger partial charge in [-0.3, -0.25) is 4.79 Å². The molecule has 15 heavy (non-hydrogen) atoms. The molecule has 0 saturated carbocycles. The molecule has 4 nitrogen and oxygen atoms in total. The van der Waals surface area contributed by atoms with E-state index in [1.165, 1.54) is 4.90 Å². The molecular formula is C11H9NO3. The fourth-order valence-electron chi connectivity index (χ4n) is 1.84. The van der Waals surface area contributed by atoms with Gasteiger partial charge in [-0.25, -0.2) is 0 Å². The molecule has 0 N–H and O–H groups in total. The van der Waals surface area contributed by atoms with E-state index in [0.29, 0.717) is 22.8 Å². The lowest BCUT2D eigenvalue weighted by Gasteiger charge is -2.08. The molecule has 0 fully saturated rings. The monoisotopic (exact) mass is 203 g/mol. The van der Waals surface area contributed by atoms with Gasteiger partial charge < -0.3 is 14.4 Å². The highest BCUT2D eigenvalue weighted by atomic mass is 16.7. The summed E-state index contributed by atoms with van der Waals surface area (Å²) >= 11 is 0. The summed E-state index contributed by atoms with van der Waals surface area (Å²) < 4.78 is 10.5. The van der Waals surface area contributed by atoms with E-state index in [1.807, 2.05) is 0 Å². The Kier molecular flexibility index (Phi) is 1.41. The molecule has 1 amide bonds. The first kappa shape index (κ1) is 8.35. The average Bonchev–Trinajstić information content (AvgIpc) is 2.77. The maximum Gasteiger partial charge on any atom is 0.258 e. The Morgan fingerprint density at radius 2 is 1.87 bits per heavy atom. The number of benzene rings is 1. The molecule has 0 saturated heterocycles. The Morgan fingerprint density at radius 1 is 1.27 bits per heavy atom. The zero-order valence-corrected chi connectivity index (χ0v) is 8.24. The minimum absolute atomic E-state index is 0.0479. The molecule has 2 aliphatic rings. The van der Waals surface area contributed by atoms with Crippen molar-refractivity contribution in [3.8, 4) is 11.5 Å². The van der Waals surface area contributed by atoms with E-state index in [2.05, 4.69) is 6.58 Å². The van der Waals surface area contributed by atoms with Gasteiger partial charge in [0.2, 0.25) is 6.79 Å². The van der Waals surface area contributed by atoms with Crippen molar-refractivity contribution in [3.63, 3.8) is 0 Å². The smallest absolute Gasteiger partial charge is 0.258 e. The first-order chi connectivity index (χ1) is 7.18. The van der Waals surface area contributed by atoms with Crippen molar-refractivity contribution in [1.29, 1.82) is 0 Å². The lowest BCUT2D eigenvalue weighted by molar-refractivity contribution is 0.0874. The Bertz CT molecular complexity index is 450. The molecule has 0 aromatic heterocycles. The van der Waals surface area contributed by atoms with Crippen LogP contribution in [0.1, 0.15) is 15.9 Å². The number of nitrogens with zero attached hydrogens (tertiary/aromatic N) is 1. The summed E-state index contributed by atoms with van der Waals surface area (Å²) in [6, 6.07) is 3.52. The van der Waals surface area contributed by atoms with E-state index in [-0.39, 0.29) is 12.7 Å². The van der Waals surface area contributed by atoms with E-state index < -0.39 is 0 Å². The van der Waals surface area contributed by atoms with Crippen molar-refractivity contribution >= 4 is 11.6 Å². The Morgan fingerprint density at radius 3 is 2.53 bits per heavy atom. The van der Waals surface area contributed by atoms with Crippen LogP contribution >= 0.6 is 0 Å². The molecule has 0 atom stereocenters. The number of carbonyl (C=O) groups excluding carboxylic acids is 1. The van der Waals surface area contributed by atoms with Gasteiger partial charge in [0.25, 0.3) is 5.91 Å². The predicted molar refractivity (Wildman–Crippen MR) is 53.7 cm³/mol. The number of carbonyl (C=O) groups is 1. The van der Waals surface area contributed by atoms with Gasteiger partial charge in [0.05, 0.1) is 5.56 Å². The Labute approximate surface area is 86.7 Å². The fraction of sp³-hybridized carbons (Fsp3) is 0.182. The van der Waals surface area contributed by atoms with Crippen molar-refractivity contribution in [3.05, 3.63) is 29.8 Å². The van der Waals surface area contributed by atoms with Gasteiger partial charge in [-0.05, 0) is 12.1 Å². The molecule has 0 aliphatic carbocycles. The second kappa shape index (κ2) is 2.53. The third-order valence-corrected chi connectivity index (χ3v) is 2.76. The molecule has 1 aromatic rings. The van der Waals surface area contributed by atoms with Crippen LogP contribution < -0.4 is 9.47 Å². The summed E-state index contributed by atoms with van der Waals surface area (Å²) in [5.41, 5.74) is 2.16. The van der Waals surface area contributed by atoms with E-state index in [4.69, 9.17) is 9.47 Å². The molecular weight excluding hydrogens is 194 g/mol. The van der Waals surface area contributed by atoms with Crippen molar-refractivity contribution in [1.82, 2.24) is 4.90 Å². The third-order valence-electron chi connectivity index (χ3n) is 2.76. The SMILES string of the molecule is C=C1c2cc3c(cc2C(=O)N1C)OCO3. The van der Waals surface area contributed by atoms with Crippen molar-refractivity contribution in [2.45, 2.75) is 0 Å². The molecule has 2 heterocycles. The van der Waals surface area contributed by atoms with E-state index in [1.54, 1.807) is 19.2 Å². The zero-order valence-electron chi connectivity index (χ0n) is 8.24. The molecule has 0 unspecified atom stereocenters. The molecule has 0 radical (unpaired) electrons. The highest BCUT2D eigenvalue weighted by molar-refractivity contribution is 6.09. The van der Waals surface area contributed by atoms with Gasteiger partial charge >= 0.3 is 0 Å². The predicted octanol–water partition coefficient (Wildman–Crippen LogP) is 1.47. The van der Waals surface area contributed by atoms with Gasteiger partial charge in [-0.2, -0.15) is 0 Å². The highest BCUT2D eigenvalue weighted by Gasteiger charge is 2.31. The van der Waals surface area contributed by atoms with Crippen LogP contribution in [0.5, 0.6) is 11.5 Å². The quantitative estimate of drug-likeness (QED) is 0.641. The molecule has 76 valence electrons. The van der Waals surface area contributed by atoms with Crippen molar-refractivity contribution in [2.24, 2.45) is 0 Å². The summed E-state index contributed by atoms with van der Waals surface area (Å²) in [5.74, 6) is 1.26. The van der Waals surface area contributed by atoms with Gasteiger partial charge in [0.15, 0.2) is 11.5 Å². The Hall–Kier alpha value is -1.97.